The van der Waals surface area contributed by atoms with E-state index in [1.165, 1.54) is 11.3 Å². The van der Waals surface area contributed by atoms with Gasteiger partial charge < -0.3 is 14.6 Å². The summed E-state index contributed by atoms with van der Waals surface area (Å²) in [5.41, 5.74) is 3.39. The second-order valence-electron chi connectivity index (χ2n) is 6.53. The first kappa shape index (κ1) is 19.1. The zero-order valence-corrected chi connectivity index (χ0v) is 16.5. The van der Waals surface area contributed by atoms with E-state index in [0.717, 1.165) is 18.4 Å². The molecule has 0 aliphatic carbocycles. The zero-order valence-electron chi connectivity index (χ0n) is 15.6. The first-order valence-corrected chi connectivity index (χ1v) is 9.94. The normalized spacial score (nSPS) is 10.7. The van der Waals surface area contributed by atoms with E-state index in [1.54, 1.807) is 11.3 Å². The van der Waals surface area contributed by atoms with E-state index >= 15 is 0 Å². The van der Waals surface area contributed by atoms with E-state index in [1.807, 2.05) is 30.9 Å². The Hall–Kier alpha value is -2.67. The largest absolute Gasteiger partial charge is 0.421 e. The SMILES string of the molecule is CN(C)c1ccc(CCCNC(=O)CCc2nnc(-c3ccsc3)o2)cc1. The molecule has 142 valence electrons. The van der Waals surface area contributed by atoms with Crippen LogP contribution >= 0.6 is 11.3 Å². The van der Waals surface area contributed by atoms with Crippen molar-refractivity contribution >= 4 is 22.9 Å². The smallest absolute Gasteiger partial charge is 0.248 e. The van der Waals surface area contributed by atoms with Crippen molar-refractivity contribution in [3.63, 3.8) is 0 Å². The van der Waals surface area contributed by atoms with Gasteiger partial charge in [0.2, 0.25) is 17.7 Å². The summed E-state index contributed by atoms with van der Waals surface area (Å²) < 4.78 is 5.59. The first-order valence-electron chi connectivity index (χ1n) is 9.00. The topological polar surface area (TPSA) is 71.3 Å². The summed E-state index contributed by atoms with van der Waals surface area (Å²) in [6.07, 6.45) is 2.66. The van der Waals surface area contributed by atoms with E-state index in [-0.39, 0.29) is 5.91 Å². The number of aromatic nitrogens is 2. The van der Waals surface area contributed by atoms with Gasteiger partial charge in [0.1, 0.15) is 0 Å². The maximum Gasteiger partial charge on any atom is 0.248 e. The van der Waals surface area contributed by atoms with Crippen LogP contribution in [0.3, 0.4) is 0 Å². The maximum absolute atomic E-state index is 12.0. The van der Waals surface area contributed by atoms with Gasteiger partial charge in [-0.25, -0.2) is 0 Å². The predicted octanol–water partition coefficient (Wildman–Crippen LogP) is 3.55. The Kier molecular flexibility index (Phi) is 6.59. The van der Waals surface area contributed by atoms with E-state index in [0.29, 0.717) is 31.2 Å². The molecule has 1 aromatic carbocycles. The van der Waals surface area contributed by atoms with Crippen molar-refractivity contribution in [1.29, 1.82) is 0 Å². The highest BCUT2D eigenvalue weighted by atomic mass is 32.1. The van der Waals surface area contributed by atoms with Gasteiger partial charge in [-0.05, 0) is 42.0 Å². The zero-order chi connectivity index (χ0) is 19.1. The summed E-state index contributed by atoms with van der Waals surface area (Å²) in [6, 6.07) is 10.4. The third-order valence-corrected chi connectivity index (χ3v) is 4.90. The lowest BCUT2D eigenvalue weighted by Gasteiger charge is -2.12. The Morgan fingerprint density at radius 1 is 1.15 bits per heavy atom. The molecule has 2 aromatic heterocycles. The Morgan fingerprint density at radius 3 is 2.67 bits per heavy atom. The van der Waals surface area contributed by atoms with Crippen molar-refractivity contribution in [3.8, 4) is 11.5 Å². The number of aryl methyl sites for hydroxylation is 2. The number of thiophene rings is 1. The molecule has 27 heavy (non-hydrogen) atoms. The van der Waals surface area contributed by atoms with E-state index in [4.69, 9.17) is 4.42 Å². The number of anilines is 1. The number of carbonyl (C=O) groups is 1. The van der Waals surface area contributed by atoms with Gasteiger partial charge in [-0.2, -0.15) is 11.3 Å². The van der Waals surface area contributed by atoms with Crippen molar-refractivity contribution < 1.29 is 9.21 Å². The molecule has 1 amide bonds. The van der Waals surface area contributed by atoms with Crippen LogP contribution in [0.2, 0.25) is 0 Å². The fraction of sp³-hybridized carbons (Fsp3) is 0.350. The van der Waals surface area contributed by atoms with Crippen LogP contribution in [-0.2, 0) is 17.6 Å². The minimum absolute atomic E-state index is 0.00763. The molecule has 0 saturated carbocycles. The fourth-order valence-corrected chi connectivity index (χ4v) is 3.28. The lowest BCUT2D eigenvalue weighted by Crippen LogP contribution is -2.25. The van der Waals surface area contributed by atoms with Crippen molar-refractivity contribution in [1.82, 2.24) is 15.5 Å². The average molecular weight is 385 g/mol. The van der Waals surface area contributed by atoms with Gasteiger partial charge in [0.25, 0.3) is 0 Å². The quantitative estimate of drug-likeness (QED) is 0.571. The van der Waals surface area contributed by atoms with Gasteiger partial charge in [-0.15, -0.1) is 10.2 Å². The Morgan fingerprint density at radius 2 is 1.96 bits per heavy atom. The van der Waals surface area contributed by atoms with Crippen molar-refractivity contribution in [2.45, 2.75) is 25.7 Å². The van der Waals surface area contributed by atoms with E-state index in [2.05, 4.69) is 44.7 Å². The van der Waals surface area contributed by atoms with Crippen molar-refractivity contribution in [2.75, 3.05) is 25.5 Å². The van der Waals surface area contributed by atoms with Crippen LogP contribution in [0.4, 0.5) is 5.69 Å². The highest BCUT2D eigenvalue weighted by Gasteiger charge is 2.10. The van der Waals surface area contributed by atoms with Crippen LogP contribution in [0.5, 0.6) is 0 Å². The minimum atomic E-state index is 0.00763. The number of nitrogens with zero attached hydrogens (tertiary/aromatic N) is 3. The number of rotatable bonds is 9. The Balaban J connectivity index is 1.34. The molecule has 3 rings (SSSR count). The molecule has 0 unspecified atom stereocenters. The molecule has 0 fully saturated rings. The Labute approximate surface area is 163 Å². The highest BCUT2D eigenvalue weighted by Crippen LogP contribution is 2.20. The first-order chi connectivity index (χ1) is 13.1. The van der Waals surface area contributed by atoms with Gasteiger partial charge in [-0.1, -0.05) is 12.1 Å². The lowest BCUT2D eigenvalue weighted by molar-refractivity contribution is -0.121. The molecule has 0 radical (unpaired) electrons. The molecule has 2 heterocycles. The number of nitrogens with one attached hydrogen (secondary N) is 1. The summed E-state index contributed by atoms with van der Waals surface area (Å²) >= 11 is 1.58. The highest BCUT2D eigenvalue weighted by molar-refractivity contribution is 7.08. The fourth-order valence-electron chi connectivity index (χ4n) is 2.65. The Bertz CT molecular complexity index is 841. The summed E-state index contributed by atoms with van der Waals surface area (Å²) in [6.45, 7) is 0.665. The second-order valence-corrected chi connectivity index (χ2v) is 7.31. The number of hydrogen-bond donors (Lipinski definition) is 1. The third-order valence-electron chi connectivity index (χ3n) is 4.22. The summed E-state index contributed by atoms with van der Waals surface area (Å²) in [5.74, 6) is 1.01. The van der Waals surface area contributed by atoms with Crippen molar-refractivity contribution in [2.24, 2.45) is 0 Å². The van der Waals surface area contributed by atoms with Crippen LogP contribution in [0.25, 0.3) is 11.5 Å². The minimum Gasteiger partial charge on any atom is -0.421 e. The molecular weight excluding hydrogens is 360 g/mol. The van der Waals surface area contributed by atoms with Crippen LogP contribution in [0.15, 0.2) is 45.5 Å². The van der Waals surface area contributed by atoms with Crippen LogP contribution in [0.1, 0.15) is 24.3 Å². The molecule has 0 aliphatic rings. The number of amides is 1. The molecule has 0 atom stereocenters. The van der Waals surface area contributed by atoms with Crippen LogP contribution in [0, 0.1) is 0 Å². The second kappa shape index (κ2) is 9.32. The predicted molar refractivity (Wildman–Crippen MR) is 108 cm³/mol. The summed E-state index contributed by atoms with van der Waals surface area (Å²) in [7, 11) is 4.06. The van der Waals surface area contributed by atoms with Crippen LogP contribution in [-0.4, -0.2) is 36.7 Å². The summed E-state index contributed by atoms with van der Waals surface area (Å²) in [4.78, 5) is 14.1. The molecule has 0 saturated heterocycles. The third kappa shape index (κ3) is 5.65. The number of benzene rings is 1. The average Bonchev–Trinajstić information content (AvgIpc) is 3.35. The monoisotopic (exact) mass is 384 g/mol. The summed E-state index contributed by atoms with van der Waals surface area (Å²) in [5, 5.41) is 14.9. The number of carbonyl (C=O) groups excluding carboxylic acids is 1. The van der Waals surface area contributed by atoms with Gasteiger partial charge in [0.15, 0.2) is 0 Å². The van der Waals surface area contributed by atoms with Crippen LogP contribution < -0.4 is 10.2 Å². The standard InChI is InChI=1S/C20H24N4O2S/c1-24(2)17-7-5-15(6-8-17)4-3-12-21-18(25)9-10-19-22-23-20(26-19)16-11-13-27-14-16/h5-8,11,13-14H,3-4,9-10,12H2,1-2H3,(H,21,25). The van der Waals surface area contributed by atoms with E-state index < -0.39 is 0 Å². The van der Waals surface area contributed by atoms with Gasteiger partial charge in [0, 0.05) is 50.1 Å². The maximum atomic E-state index is 12.0. The molecular formula is C20H24N4O2S. The molecule has 0 aliphatic heterocycles. The molecule has 3 aromatic rings. The van der Waals surface area contributed by atoms with Gasteiger partial charge in [-0.3, -0.25) is 4.79 Å². The van der Waals surface area contributed by atoms with Gasteiger partial charge >= 0.3 is 0 Å². The molecule has 0 spiro atoms. The number of hydrogen-bond acceptors (Lipinski definition) is 6. The van der Waals surface area contributed by atoms with Gasteiger partial charge in [0.05, 0.1) is 0 Å². The van der Waals surface area contributed by atoms with E-state index in [9.17, 15) is 4.79 Å². The molecule has 0 bridgehead atoms. The van der Waals surface area contributed by atoms with Crippen molar-refractivity contribution in [3.05, 3.63) is 52.5 Å². The lowest BCUT2D eigenvalue weighted by atomic mass is 10.1. The molecule has 6 nitrogen and oxygen atoms in total. The molecule has 1 N–H and O–H groups in total. The molecule has 7 heteroatoms.